The summed E-state index contributed by atoms with van der Waals surface area (Å²) < 4.78 is 13.2. The van der Waals surface area contributed by atoms with E-state index in [2.05, 4.69) is 10.6 Å². The van der Waals surface area contributed by atoms with Gasteiger partial charge < -0.3 is 16.4 Å². The molecule has 0 bridgehead atoms. The summed E-state index contributed by atoms with van der Waals surface area (Å²) in [7, 11) is 0. The Hall–Kier alpha value is -2.73. The molecule has 2 aromatic carbocycles. The van der Waals surface area contributed by atoms with Crippen molar-refractivity contribution in [3.8, 4) is 0 Å². The third-order valence-electron chi connectivity index (χ3n) is 3.23. The summed E-state index contributed by atoms with van der Waals surface area (Å²) in [5, 5.41) is 5.42. The normalized spacial score (nSPS) is 10.2. The van der Waals surface area contributed by atoms with Crippen molar-refractivity contribution >= 4 is 23.2 Å². The van der Waals surface area contributed by atoms with Gasteiger partial charge in [0.15, 0.2) is 0 Å². The lowest BCUT2D eigenvalue weighted by molar-refractivity contribution is -0.116. The average molecular weight is 315 g/mol. The molecular weight excluding hydrogens is 297 g/mol. The highest BCUT2D eigenvalue weighted by Crippen LogP contribution is 2.21. The Labute approximate surface area is 133 Å². The van der Waals surface area contributed by atoms with Gasteiger partial charge in [0.25, 0.3) is 5.91 Å². The van der Waals surface area contributed by atoms with E-state index in [1.807, 2.05) is 6.92 Å². The Morgan fingerprint density at radius 1 is 1.13 bits per heavy atom. The number of nitrogens with one attached hydrogen (secondary N) is 2. The fraction of sp³-hybridized carbons (Fsp3) is 0.176. The van der Waals surface area contributed by atoms with Crippen molar-refractivity contribution in [3.05, 3.63) is 59.4 Å². The van der Waals surface area contributed by atoms with Crippen LogP contribution in [0, 0.1) is 12.7 Å². The summed E-state index contributed by atoms with van der Waals surface area (Å²) in [6.45, 7) is 2.11. The third-order valence-corrected chi connectivity index (χ3v) is 3.23. The molecule has 0 fully saturated rings. The van der Waals surface area contributed by atoms with Crippen LogP contribution < -0.4 is 16.4 Å². The zero-order chi connectivity index (χ0) is 16.8. The first-order valence-corrected chi connectivity index (χ1v) is 7.17. The second-order valence-corrected chi connectivity index (χ2v) is 5.08. The summed E-state index contributed by atoms with van der Waals surface area (Å²) >= 11 is 0. The largest absolute Gasteiger partial charge is 0.330 e. The van der Waals surface area contributed by atoms with Gasteiger partial charge in [-0.1, -0.05) is 12.1 Å². The number of hydrogen-bond acceptors (Lipinski definition) is 3. The highest BCUT2D eigenvalue weighted by molar-refractivity contribution is 6.04. The maximum atomic E-state index is 13.2. The number of aryl methyl sites for hydroxylation is 1. The SMILES string of the molecule is Cc1ccc(NC(=O)c2cccc(F)c2)cc1NC(=O)CCN. The van der Waals surface area contributed by atoms with Gasteiger partial charge >= 0.3 is 0 Å². The summed E-state index contributed by atoms with van der Waals surface area (Å²) in [6, 6.07) is 10.6. The van der Waals surface area contributed by atoms with Gasteiger partial charge in [-0.2, -0.15) is 0 Å². The quantitative estimate of drug-likeness (QED) is 0.793. The van der Waals surface area contributed by atoms with E-state index in [9.17, 15) is 14.0 Å². The molecule has 0 unspecified atom stereocenters. The van der Waals surface area contributed by atoms with E-state index >= 15 is 0 Å². The van der Waals surface area contributed by atoms with Gasteiger partial charge in [-0.15, -0.1) is 0 Å². The van der Waals surface area contributed by atoms with Crippen molar-refractivity contribution in [2.24, 2.45) is 5.73 Å². The van der Waals surface area contributed by atoms with E-state index in [-0.39, 0.29) is 24.4 Å². The molecule has 5 nitrogen and oxygen atoms in total. The van der Waals surface area contributed by atoms with Gasteiger partial charge in [-0.25, -0.2) is 4.39 Å². The van der Waals surface area contributed by atoms with Crippen LogP contribution in [0.3, 0.4) is 0 Å². The smallest absolute Gasteiger partial charge is 0.255 e. The summed E-state index contributed by atoms with van der Waals surface area (Å²) in [4.78, 5) is 23.7. The number of amides is 2. The minimum absolute atomic E-state index is 0.191. The maximum absolute atomic E-state index is 13.2. The van der Waals surface area contributed by atoms with Crippen molar-refractivity contribution in [1.29, 1.82) is 0 Å². The predicted octanol–water partition coefficient (Wildman–Crippen LogP) is 2.67. The fourth-order valence-electron chi connectivity index (χ4n) is 2.01. The van der Waals surface area contributed by atoms with Crippen LogP contribution in [-0.4, -0.2) is 18.4 Å². The Kier molecular flexibility index (Phi) is 5.43. The van der Waals surface area contributed by atoms with Gasteiger partial charge in [-0.3, -0.25) is 9.59 Å². The van der Waals surface area contributed by atoms with Crippen molar-refractivity contribution in [1.82, 2.24) is 0 Å². The standard InChI is InChI=1S/C17H18FN3O2/c1-11-5-6-14(10-15(11)21-16(22)7-8-19)20-17(23)12-3-2-4-13(18)9-12/h2-6,9-10H,7-8,19H2,1H3,(H,20,23)(H,21,22). The lowest BCUT2D eigenvalue weighted by atomic mass is 10.1. The Bertz CT molecular complexity index is 732. The monoisotopic (exact) mass is 315 g/mol. The molecule has 0 aliphatic carbocycles. The van der Waals surface area contributed by atoms with Gasteiger partial charge in [0.2, 0.25) is 5.91 Å². The molecule has 23 heavy (non-hydrogen) atoms. The van der Waals surface area contributed by atoms with E-state index in [1.165, 1.54) is 18.2 Å². The maximum Gasteiger partial charge on any atom is 0.255 e. The lowest BCUT2D eigenvalue weighted by Gasteiger charge is -2.11. The number of anilines is 2. The molecular formula is C17H18FN3O2. The van der Waals surface area contributed by atoms with Gasteiger partial charge in [-0.05, 0) is 42.8 Å². The van der Waals surface area contributed by atoms with Gasteiger partial charge in [0, 0.05) is 29.9 Å². The highest BCUT2D eigenvalue weighted by Gasteiger charge is 2.09. The molecule has 0 aliphatic rings. The summed E-state index contributed by atoms with van der Waals surface area (Å²) in [5.74, 6) is -1.09. The van der Waals surface area contributed by atoms with E-state index < -0.39 is 11.7 Å². The van der Waals surface area contributed by atoms with Crippen LogP contribution in [0.4, 0.5) is 15.8 Å². The molecule has 4 N–H and O–H groups in total. The zero-order valence-electron chi connectivity index (χ0n) is 12.7. The molecule has 0 heterocycles. The molecule has 0 atom stereocenters. The van der Waals surface area contributed by atoms with E-state index in [0.717, 1.165) is 11.6 Å². The summed E-state index contributed by atoms with van der Waals surface area (Å²) in [5.41, 5.74) is 7.53. The van der Waals surface area contributed by atoms with Crippen LogP contribution in [0.15, 0.2) is 42.5 Å². The number of benzene rings is 2. The van der Waals surface area contributed by atoms with Crippen LogP contribution in [0.25, 0.3) is 0 Å². The van der Waals surface area contributed by atoms with Crippen LogP contribution in [0.1, 0.15) is 22.3 Å². The molecule has 2 amide bonds. The molecule has 2 rings (SSSR count). The minimum atomic E-state index is -0.476. The number of rotatable bonds is 5. The van der Waals surface area contributed by atoms with Gasteiger partial charge in [0.05, 0.1) is 0 Å². The van der Waals surface area contributed by atoms with Crippen molar-refractivity contribution in [2.45, 2.75) is 13.3 Å². The molecule has 0 saturated carbocycles. The van der Waals surface area contributed by atoms with Crippen LogP contribution >= 0.6 is 0 Å². The number of carbonyl (C=O) groups is 2. The van der Waals surface area contributed by atoms with Crippen LogP contribution in [0.2, 0.25) is 0 Å². The lowest BCUT2D eigenvalue weighted by Crippen LogP contribution is -2.17. The summed E-state index contributed by atoms with van der Waals surface area (Å²) in [6.07, 6.45) is 0.222. The topological polar surface area (TPSA) is 84.2 Å². The van der Waals surface area contributed by atoms with E-state index in [0.29, 0.717) is 11.4 Å². The predicted molar refractivity (Wildman–Crippen MR) is 87.8 cm³/mol. The number of hydrogen-bond donors (Lipinski definition) is 3. The van der Waals surface area contributed by atoms with Crippen LogP contribution in [-0.2, 0) is 4.79 Å². The van der Waals surface area contributed by atoms with Crippen LogP contribution in [0.5, 0.6) is 0 Å². The third kappa shape index (κ3) is 4.62. The minimum Gasteiger partial charge on any atom is -0.330 e. The van der Waals surface area contributed by atoms with E-state index in [1.54, 1.807) is 18.2 Å². The fourth-order valence-corrected chi connectivity index (χ4v) is 2.01. The molecule has 0 aliphatic heterocycles. The molecule has 0 aromatic heterocycles. The van der Waals surface area contributed by atoms with E-state index in [4.69, 9.17) is 5.73 Å². The first kappa shape index (κ1) is 16.6. The number of carbonyl (C=O) groups excluding carboxylic acids is 2. The second-order valence-electron chi connectivity index (χ2n) is 5.08. The Morgan fingerprint density at radius 3 is 2.61 bits per heavy atom. The average Bonchev–Trinajstić information content (AvgIpc) is 2.51. The second kappa shape index (κ2) is 7.51. The molecule has 0 radical (unpaired) electrons. The Morgan fingerprint density at radius 2 is 1.91 bits per heavy atom. The Balaban J connectivity index is 2.14. The highest BCUT2D eigenvalue weighted by atomic mass is 19.1. The number of halogens is 1. The van der Waals surface area contributed by atoms with Gasteiger partial charge in [0.1, 0.15) is 5.82 Å². The molecule has 120 valence electrons. The molecule has 0 saturated heterocycles. The van der Waals surface area contributed by atoms with Crippen molar-refractivity contribution in [3.63, 3.8) is 0 Å². The molecule has 6 heteroatoms. The zero-order valence-corrected chi connectivity index (χ0v) is 12.7. The molecule has 2 aromatic rings. The first-order valence-electron chi connectivity index (χ1n) is 7.17. The first-order chi connectivity index (χ1) is 11.0. The number of nitrogens with two attached hydrogens (primary N) is 1. The van der Waals surface area contributed by atoms with Crippen molar-refractivity contribution in [2.75, 3.05) is 17.2 Å². The van der Waals surface area contributed by atoms with Crippen molar-refractivity contribution < 1.29 is 14.0 Å². The molecule has 0 spiro atoms.